The Bertz CT molecular complexity index is 197. The molecule has 0 aromatic heterocycles. The van der Waals surface area contributed by atoms with Crippen molar-refractivity contribution in [3.63, 3.8) is 0 Å². The number of carboxylic acid groups (broad SMARTS) is 2. The van der Waals surface area contributed by atoms with Crippen molar-refractivity contribution >= 4 is 63.1 Å². The van der Waals surface area contributed by atoms with E-state index in [0.29, 0.717) is 0 Å². The third-order valence-corrected chi connectivity index (χ3v) is 3.69. The molecule has 2 atom stereocenters. The van der Waals surface area contributed by atoms with Crippen molar-refractivity contribution in [3.8, 4) is 0 Å². The first-order chi connectivity index (χ1) is 6.45. The van der Waals surface area contributed by atoms with Gasteiger partial charge in [-0.05, 0) is 0 Å². The number of hydrogen-bond donors (Lipinski definition) is 4. The molecule has 9 heteroatoms. The molecule has 6 nitrogen and oxygen atoms in total. The number of nitrogens with two attached hydrogens (primary N) is 2. The van der Waals surface area contributed by atoms with E-state index in [1.807, 2.05) is 0 Å². The predicted octanol–water partition coefficient (Wildman–Crippen LogP) is -1.46. The molecule has 6 N–H and O–H groups in total. The van der Waals surface area contributed by atoms with Gasteiger partial charge in [0, 0.05) is 11.5 Å². The van der Waals surface area contributed by atoms with E-state index >= 15 is 0 Å². The number of rotatable bonds is 7. The van der Waals surface area contributed by atoms with E-state index in [9.17, 15) is 9.59 Å². The van der Waals surface area contributed by atoms with Crippen LogP contribution in [-0.2, 0) is 9.59 Å². The van der Waals surface area contributed by atoms with Crippen molar-refractivity contribution in [2.75, 3.05) is 11.5 Å². The zero-order chi connectivity index (χ0) is 11.1. The van der Waals surface area contributed by atoms with E-state index in [-0.39, 0.29) is 41.1 Å². The minimum absolute atomic E-state index is 0. The van der Waals surface area contributed by atoms with Crippen LogP contribution in [0.25, 0.3) is 0 Å². The molecule has 0 aliphatic heterocycles. The number of carboxylic acids is 2. The summed E-state index contributed by atoms with van der Waals surface area (Å²) >= 11 is 0. The zero-order valence-electron chi connectivity index (χ0n) is 7.25. The summed E-state index contributed by atoms with van der Waals surface area (Å²) in [5.74, 6) is -1.68. The first kappa shape index (κ1) is 17.9. The monoisotopic (exact) mass is 264 g/mol. The van der Waals surface area contributed by atoms with Gasteiger partial charge < -0.3 is 21.7 Å². The molecule has 0 amide bonds. The van der Waals surface area contributed by atoms with Crippen molar-refractivity contribution in [3.05, 3.63) is 0 Å². The summed E-state index contributed by atoms with van der Waals surface area (Å²) in [5.41, 5.74) is 10.4. The van der Waals surface area contributed by atoms with Crippen LogP contribution < -0.4 is 11.5 Å². The molecule has 0 fully saturated rings. The SMILES string of the molecule is NC(CSSCC(N)C(=O)O)C(=O)O.[NaH]. The second kappa shape index (κ2) is 9.76. The van der Waals surface area contributed by atoms with Gasteiger partial charge in [-0.15, -0.1) is 0 Å². The van der Waals surface area contributed by atoms with E-state index in [1.54, 1.807) is 0 Å². The van der Waals surface area contributed by atoms with E-state index in [1.165, 1.54) is 21.6 Å². The molecule has 0 aromatic carbocycles. The third kappa shape index (κ3) is 9.49. The fourth-order valence-corrected chi connectivity index (χ4v) is 2.61. The van der Waals surface area contributed by atoms with Crippen LogP contribution in [0.4, 0.5) is 0 Å². The number of carbonyl (C=O) groups is 2. The van der Waals surface area contributed by atoms with Crippen molar-refractivity contribution in [1.29, 1.82) is 0 Å². The molecule has 0 spiro atoms. The molecule has 0 radical (unpaired) electrons. The van der Waals surface area contributed by atoms with Gasteiger partial charge in [-0.2, -0.15) is 0 Å². The van der Waals surface area contributed by atoms with Crippen LogP contribution in [0.2, 0.25) is 0 Å². The quantitative estimate of drug-likeness (QED) is 0.250. The molecule has 0 aromatic rings. The Labute approximate surface area is 117 Å². The summed E-state index contributed by atoms with van der Waals surface area (Å²) in [6.45, 7) is 0. The number of aliphatic carboxylic acids is 2. The molecule has 0 rings (SSSR count). The average molecular weight is 264 g/mol. The van der Waals surface area contributed by atoms with Gasteiger partial charge in [-0.25, -0.2) is 0 Å². The van der Waals surface area contributed by atoms with Gasteiger partial charge in [-0.3, -0.25) is 9.59 Å². The minimum atomic E-state index is -1.07. The Kier molecular flexibility index (Phi) is 11.7. The van der Waals surface area contributed by atoms with Gasteiger partial charge in [0.1, 0.15) is 12.1 Å². The molecule has 0 saturated carbocycles. The molecular weight excluding hydrogens is 251 g/mol. The van der Waals surface area contributed by atoms with E-state index in [4.69, 9.17) is 21.7 Å². The van der Waals surface area contributed by atoms with Crippen LogP contribution in [-0.4, -0.2) is 75.3 Å². The molecule has 15 heavy (non-hydrogen) atoms. The molecule has 0 bridgehead atoms. The van der Waals surface area contributed by atoms with Crippen molar-refractivity contribution < 1.29 is 19.8 Å². The molecular formula is C6H13N2NaO4S2. The van der Waals surface area contributed by atoms with Crippen LogP contribution in [0.1, 0.15) is 0 Å². The Balaban J connectivity index is 0. The van der Waals surface area contributed by atoms with E-state index < -0.39 is 24.0 Å². The van der Waals surface area contributed by atoms with Gasteiger partial charge in [-0.1, -0.05) is 21.6 Å². The summed E-state index contributed by atoms with van der Waals surface area (Å²) in [6.07, 6.45) is 0. The van der Waals surface area contributed by atoms with Gasteiger partial charge >= 0.3 is 41.5 Å². The Morgan fingerprint density at radius 2 is 1.27 bits per heavy atom. The fraction of sp³-hybridized carbons (Fsp3) is 0.667. The Morgan fingerprint density at radius 3 is 1.47 bits per heavy atom. The normalized spacial score (nSPS) is 13.7. The summed E-state index contributed by atoms with van der Waals surface area (Å²) in [7, 11) is 2.41. The molecule has 0 heterocycles. The fourth-order valence-electron chi connectivity index (χ4n) is 0.385. The Morgan fingerprint density at radius 1 is 1.00 bits per heavy atom. The third-order valence-electron chi connectivity index (χ3n) is 1.21. The number of hydrogen-bond acceptors (Lipinski definition) is 6. The second-order valence-corrected chi connectivity index (χ2v) is 5.01. The maximum absolute atomic E-state index is 10.3. The summed E-state index contributed by atoms with van der Waals surface area (Å²) in [5, 5.41) is 16.8. The van der Waals surface area contributed by atoms with Gasteiger partial charge in [0.05, 0.1) is 0 Å². The molecule has 0 aliphatic carbocycles. The first-order valence-electron chi connectivity index (χ1n) is 3.66. The van der Waals surface area contributed by atoms with Crippen LogP contribution >= 0.6 is 21.6 Å². The maximum atomic E-state index is 10.3. The summed E-state index contributed by atoms with van der Waals surface area (Å²) in [6, 6.07) is -1.85. The topological polar surface area (TPSA) is 127 Å². The standard InChI is InChI=1S/C6H12N2O4S2.Na.H/c7-3(5(9)10)1-13-14-2-4(8)6(11)12;;/h3-4H,1-2,7-8H2,(H,9,10)(H,11,12);;. The van der Waals surface area contributed by atoms with Gasteiger partial charge in [0.25, 0.3) is 0 Å². The zero-order valence-corrected chi connectivity index (χ0v) is 8.88. The van der Waals surface area contributed by atoms with Crippen molar-refractivity contribution in [2.24, 2.45) is 11.5 Å². The Hall–Kier alpha value is 0.560. The van der Waals surface area contributed by atoms with Crippen molar-refractivity contribution in [2.45, 2.75) is 12.1 Å². The van der Waals surface area contributed by atoms with Crippen LogP contribution in [0.15, 0.2) is 0 Å². The average Bonchev–Trinajstić information content (AvgIpc) is 2.11. The molecule has 84 valence electrons. The van der Waals surface area contributed by atoms with Crippen LogP contribution in [0.5, 0.6) is 0 Å². The van der Waals surface area contributed by atoms with Crippen LogP contribution in [0, 0.1) is 0 Å². The molecule has 0 aliphatic rings. The molecule has 2 unspecified atom stereocenters. The van der Waals surface area contributed by atoms with Crippen molar-refractivity contribution in [1.82, 2.24) is 0 Å². The first-order valence-corrected chi connectivity index (χ1v) is 6.15. The van der Waals surface area contributed by atoms with E-state index in [0.717, 1.165) is 0 Å². The molecule has 0 saturated heterocycles. The second-order valence-electron chi connectivity index (χ2n) is 2.46. The summed E-state index contributed by atoms with van der Waals surface area (Å²) < 4.78 is 0. The predicted molar refractivity (Wildman–Crippen MR) is 63.3 cm³/mol. The van der Waals surface area contributed by atoms with Crippen LogP contribution in [0.3, 0.4) is 0 Å². The van der Waals surface area contributed by atoms with Gasteiger partial charge in [0.2, 0.25) is 0 Å². The van der Waals surface area contributed by atoms with Gasteiger partial charge in [0.15, 0.2) is 0 Å². The summed E-state index contributed by atoms with van der Waals surface area (Å²) in [4.78, 5) is 20.5. The van der Waals surface area contributed by atoms with E-state index in [2.05, 4.69) is 0 Å².